The van der Waals surface area contributed by atoms with Crippen LogP contribution in [0.1, 0.15) is 17.3 Å². The van der Waals surface area contributed by atoms with Gasteiger partial charge in [-0.05, 0) is 46.1 Å². The first-order chi connectivity index (χ1) is 8.15. The number of hydrogen-bond donors (Lipinski definition) is 1. The van der Waals surface area contributed by atoms with E-state index < -0.39 is 0 Å². The Labute approximate surface area is 107 Å². The van der Waals surface area contributed by atoms with Gasteiger partial charge < -0.3 is 5.73 Å². The van der Waals surface area contributed by atoms with E-state index in [1.165, 1.54) is 12.3 Å². The van der Waals surface area contributed by atoms with Gasteiger partial charge in [-0.15, -0.1) is 0 Å². The molecular formula is C12H11BrFN3. The standard InChI is InChI=1S/C12H11BrFN3/c13-9-3-8(5-16-6-9)4-11(15)12-2-1-10(14)7-17-12/h1-3,5-7,11H,4,15H2. The fraction of sp³-hybridized carbons (Fsp3) is 0.167. The van der Waals surface area contributed by atoms with Crippen LogP contribution in [0.3, 0.4) is 0 Å². The zero-order valence-electron chi connectivity index (χ0n) is 8.98. The first kappa shape index (κ1) is 12.1. The van der Waals surface area contributed by atoms with Crippen molar-refractivity contribution in [1.29, 1.82) is 0 Å². The Bertz CT molecular complexity index is 501. The fourth-order valence-electron chi connectivity index (χ4n) is 1.53. The highest BCUT2D eigenvalue weighted by Gasteiger charge is 2.09. The number of halogens is 2. The molecule has 0 bridgehead atoms. The van der Waals surface area contributed by atoms with Crippen LogP contribution in [0.25, 0.3) is 0 Å². The molecule has 17 heavy (non-hydrogen) atoms. The summed E-state index contributed by atoms with van der Waals surface area (Å²) in [7, 11) is 0. The number of nitrogens with zero attached hydrogens (tertiary/aromatic N) is 2. The van der Waals surface area contributed by atoms with E-state index in [-0.39, 0.29) is 11.9 Å². The van der Waals surface area contributed by atoms with Crippen LogP contribution in [-0.4, -0.2) is 9.97 Å². The summed E-state index contributed by atoms with van der Waals surface area (Å²) in [5.41, 5.74) is 7.68. The van der Waals surface area contributed by atoms with Crippen molar-refractivity contribution < 1.29 is 4.39 Å². The lowest BCUT2D eigenvalue weighted by molar-refractivity contribution is 0.612. The van der Waals surface area contributed by atoms with Crippen LogP contribution in [0.15, 0.2) is 41.3 Å². The average Bonchev–Trinajstić information content (AvgIpc) is 2.29. The normalized spacial score (nSPS) is 12.4. The van der Waals surface area contributed by atoms with Gasteiger partial charge in [0.05, 0.1) is 17.9 Å². The second kappa shape index (κ2) is 5.33. The second-order valence-corrected chi connectivity index (χ2v) is 4.64. The van der Waals surface area contributed by atoms with Gasteiger partial charge in [0.25, 0.3) is 0 Å². The van der Waals surface area contributed by atoms with Crippen LogP contribution in [0.2, 0.25) is 0 Å². The van der Waals surface area contributed by atoms with Crippen LogP contribution >= 0.6 is 15.9 Å². The predicted molar refractivity (Wildman–Crippen MR) is 66.8 cm³/mol. The zero-order chi connectivity index (χ0) is 12.3. The fourth-order valence-corrected chi connectivity index (χ4v) is 1.94. The number of hydrogen-bond acceptors (Lipinski definition) is 3. The Morgan fingerprint density at radius 3 is 2.76 bits per heavy atom. The molecule has 2 heterocycles. The predicted octanol–water partition coefficient (Wildman–Crippen LogP) is 2.62. The summed E-state index contributed by atoms with van der Waals surface area (Å²) >= 11 is 3.35. The maximum Gasteiger partial charge on any atom is 0.141 e. The second-order valence-electron chi connectivity index (χ2n) is 3.72. The van der Waals surface area contributed by atoms with Crippen LogP contribution in [-0.2, 0) is 6.42 Å². The van der Waals surface area contributed by atoms with E-state index in [4.69, 9.17) is 5.73 Å². The Morgan fingerprint density at radius 1 is 1.29 bits per heavy atom. The maximum atomic E-state index is 12.7. The highest BCUT2D eigenvalue weighted by molar-refractivity contribution is 9.10. The molecule has 2 aromatic heterocycles. The zero-order valence-corrected chi connectivity index (χ0v) is 10.6. The highest BCUT2D eigenvalue weighted by Crippen LogP contribution is 2.16. The smallest absolute Gasteiger partial charge is 0.141 e. The number of nitrogens with two attached hydrogens (primary N) is 1. The molecule has 5 heteroatoms. The third kappa shape index (κ3) is 3.31. The summed E-state index contributed by atoms with van der Waals surface area (Å²) in [5.74, 6) is -0.356. The van der Waals surface area contributed by atoms with Crippen LogP contribution in [0.4, 0.5) is 4.39 Å². The molecule has 0 radical (unpaired) electrons. The molecule has 2 N–H and O–H groups in total. The van der Waals surface area contributed by atoms with E-state index in [9.17, 15) is 4.39 Å². The summed E-state index contributed by atoms with van der Waals surface area (Å²) in [4.78, 5) is 8.03. The van der Waals surface area contributed by atoms with Gasteiger partial charge in [-0.25, -0.2) is 4.39 Å². The Kier molecular flexibility index (Phi) is 3.81. The van der Waals surface area contributed by atoms with E-state index >= 15 is 0 Å². The van der Waals surface area contributed by atoms with Crippen molar-refractivity contribution in [3.05, 3.63) is 58.3 Å². The van der Waals surface area contributed by atoms with Crippen LogP contribution < -0.4 is 5.73 Å². The Balaban J connectivity index is 2.11. The minimum absolute atomic E-state index is 0.258. The van der Waals surface area contributed by atoms with Crippen molar-refractivity contribution >= 4 is 15.9 Å². The monoisotopic (exact) mass is 295 g/mol. The molecule has 0 fully saturated rings. The Morgan fingerprint density at radius 2 is 2.12 bits per heavy atom. The van der Waals surface area contributed by atoms with E-state index in [0.717, 1.165) is 10.0 Å². The largest absolute Gasteiger partial charge is 0.322 e. The number of aromatic nitrogens is 2. The van der Waals surface area contributed by atoms with E-state index in [2.05, 4.69) is 25.9 Å². The average molecular weight is 296 g/mol. The lowest BCUT2D eigenvalue weighted by Crippen LogP contribution is -2.15. The first-order valence-electron chi connectivity index (χ1n) is 5.11. The van der Waals surface area contributed by atoms with Crippen molar-refractivity contribution in [1.82, 2.24) is 9.97 Å². The summed E-state index contributed by atoms with van der Waals surface area (Å²) in [6.45, 7) is 0. The van der Waals surface area contributed by atoms with E-state index in [1.807, 2.05) is 6.07 Å². The molecule has 0 aromatic carbocycles. The molecule has 3 nitrogen and oxygen atoms in total. The van der Waals surface area contributed by atoms with Gasteiger partial charge in [0.2, 0.25) is 0 Å². The van der Waals surface area contributed by atoms with Gasteiger partial charge in [-0.1, -0.05) is 0 Å². The molecule has 0 aliphatic carbocycles. The number of rotatable bonds is 3. The summed E-state index contributed by atoms with van der Waals surface area (Å²) in [6, 6.07) is 4.66. The van der Waals surface area contributed by atoms with Gasteiger partial charge in [0.15, 0.2) is 0 Å². The first-order valence-corrected chi connectivity index (χ1v) is 5.91. The molecule has 2 rings (SSSR count). The van der Waals surface area contributed by atoms with Gasteiger partial charge in [-0.2, -0.15) is 0 Å². The van der Waals surface area contributed by atoms with Gasteiger partial charge in [0, 0.05) is 16.9 Å². The molecule has 0 aliphatic rings. The molecule has 1 atom stereocenters. The third-order valence-electron chi connectivity index (χ3n) is 2.35. The topological polar surface area (TPSA) is 51.8 Å². The highest BCUT2D eigenvalue weighted by atomic mass is 79.9. The molecule has 0 saturated heterocycles. The molecule has 2 aromatic rings. The van der Waals surface area contributed by atoms with E-state index in [1.54, 1.807) is 18.5 Å². The molecule has 88 valence electrons. The lowest BCUT2D eigenvalue weighted by Gasteiger charge is -2.10. The quantitative estimate of drug-likeness (QED) is 0.947. The van der Waals surface area contributed by atoms with E-state index in [0.29, 0.717) is 12.1 Å². The summed E-state index contributed by atoms with van der Waals surface area (Å²) < 4.78 is 13.6. The SMILES string of the molecule is NC(Cc1cncc(Br)c1)c1ccc(F)cn1. The van der Waals surface area contributed by atoms with Gasteiger partial charge >= 0.3 is 0 Å². The minimum Gasteiger partial charge on any atom is -0.322 e. The van der Waals surface area contributed by atoms with Gasteiger partial charge in [0.1, 0.15) is 5.82 Å². The summed E-state index contributed by atoms with van der Waals surface area (Å²) in [5, 5.41) is 0. The van der Waals surface area contributed by atoms with Crippen molar-refractivity contribution in [3.63, 3.8) is 0 Å². The van der Waals surface area contributed by atoms with Crippen molar-refractivity contribution in [2.75, 3.05) is 0 Å². The number of pyridine rings is 2. The summed E-state index contributed by atoms with van der Waals surface area (Å²) in [6.07, 6.45) is 5.26. The van der Waals surface area contributed by atoms with Crippen molar-refractivity contribution in [3.8, 4) is 0 Å². The lowest BCUT2D eigenvalue weighted by atomic mass is 10.1. The van der Waals surface area contributed by atoms with Crippen LogP contribution in [0, 0.1) is 5.82 Å². The molecule has 0 saturated carbocycles. The third-order valence-corrected chi connectivity index (χ3v) is 2.78. The Hall–Kier alpha value is -1.33. The molecule has 0 spiro atoms. The molecular weight excluding hydrogens is 285 g/mol. The maximum absolute atomic E-state index is 12.7. The van der Waals surface area contributed by atoms with Crippen molar-refractivity contribution in [2.45, 2.75) is 12.5 Å². The molecule has 0 amide bonds. The van der Waals surface area contributed by atoms with Crippen LogP contribution in [0.5, 0.6) is 0 Å². The molecule has 1 unspecified atom stereocenters. The van der Waals surface area contributed by atoms with Crippen molar-refractivity contribution in [2.24, 2.45) is 5.73 Å². The molecule has 0 aliphatic heterocycles. The minimum atomic E-state index is -0.356. The van der Waals surface area contributed by atoms with Gasteiger partial charge in [-0.3, -0.25) is 9.97 Å².